The van der Waals surface area contributed by atoms with E-state index in [4.69, 9.17) is 0 Å². The lowest BCUT2D eigenvalue weighted by Gasteiger charge is -2.35. The molecule has 0 aliphatic carbocycles. The third-order valence-corrected chi connectivity index (χ3v) is 3.98. The first-order valence-corrected chi connectivity index (χ1v) is 7.35. The summed E-state index contributed by atoms with van der Waals surface area (Å²) in [6.45, 7) is -0.158. The summed E-state index contributed by atoms with van der Waals surface area (Å²) in [6, 6.07) is 15.7. The van der Waals surface area contributed by atoms with Crippen molar-refractivity contribution in [1.29, 1.82) is 0 Å². The van der Waals surface area contributed by atoms with Crippen molar-refractivity contribution in [3.05, 3.63) is 70.6 Å². The molecule has 23 heavy (non-hydrogen) atoms. The molecule has 2 aromatic rings. The number of alkyl halides is 3. The first kappa shape index (κ1) is 15.5. The molecule has 1 unspecified atom stereocenters. The van der Waals surface area contributed by atoms with Crippen molar-refractivity contribution in [3.8, 4) is 0 Å². The summed E-state index contributed by atoms with van der Waals surface area (Å²) in [6.07, 6.45) is -0.697. The Hall–Kier alpha value is -2.43. The molecular formula is C18H17F3N2. The Balaban J connectivity index is 1.94. The molecule has 120 valence electrons. The minimum atomic E-state index is -4.30. The summed E-state index contributed by atoms with van der Waals surface area (Å²) < 4.78 is 40.5. The number of halogens is 3. The molecule has 1 heterocycles. The van der Waals surface area contributed by atoms with E-state index in [9.17, 15) is 13.2 Å². The topological polar surface area (TPSA) is 6.48 Å². The van der Waals surface area contributed by atoms with Crippen molar-refractivity contribution in [3.63, 3.8) is 0 Å². The van der Waals surface area contributed by atoms with Gasteiger partial charge in [-0.15, -0.1) is 0 Å². The summed E-state index contributed by atoms with van der Waals surface area (Å²) in [4.78, 5) is 0. The number of nitrogens with zero attached hydrogens (tertiary/aromatic N) is 2. The molecule has 0 saturated carbocycles. The lowest BCUT2D eigenvalue weighted by atomic mass is 9.98. The van der Waals surface area contributed by atoms with Gasteiger partial charge in [-0.25, -0.2) is 0 Å². The predicted octanol–water partition coefficient (Wildman–Crippen LogP) is 2.67. The molecule has 0 saturated heterocycles. The van der Waals surface area contributed by atoms with Gasteiger partial charge in [0.05, 0.1) is 12.5 Å². The van der Waals surface area contributed by atoms with Crippen LogP contribution in [-0.4, -0.2) is 29.8 Å². The van der Waals surface area contributed by atoms with E-state index in [0.717, 1.165) is 10.4 Å². The van der Waals surface area contributed by atoms with Crippen LogP contribution in [0.3, 0.4) is 0 Å². The van der Waals surface area contributed by atoms with Gasteiger partial charge >= 0.3 is 6.18 Å². The Labute approximate surface area is 132 Å². The van der Waals surface area contributed by atoms with Crippen molar-refractivity contribution in [2.45, 2.75) is 12.1 Å². The summed E-state index contributed by atoms with van der Waals surface area (Å²) in [5.41, 5.74) is 0.278. The van der Waals surface area contributed by atoms with Gasteiger partial charge in [-0.05, 0) is 5.56 Å². The molecule has 1 aliphatic rings. The molecule has 0 bridgehead atoms. The number of rotatable bonds is 3. The van der Waals surface area contributed by atoms with Crippen LogP contribution in [0.15, 0.2) is 54.6 Å². The second-order valence-corrected chi connectivity index (χ2v) is 5.59. The fourth-order valence-corrected chi connectivity index (χ4v) is 2.72. The lowest BCUT2D eigenvalue weighted by Crippen LogP contribution is -2.46. The number of hydrogen-bond acceptors (Lipinski definition) is 2. The summed E-state index contributed by atoms with van der Waals surface area (Å²) in [5, 5.41) is 5.21. The second kappa shape index (κ2) is 5.99. The molecule has 0 radical (unpaired) electrons. The van der Waals surface area contributed by atoms with Gasteiger partial charge in [-0.1, -0.05) is 54.6 Å². The SMILES string of the molecule is CN1C=c2ccccc2=CN1CC(c1ccccc1)C(F)(F)F. The maximum Gasteiger partial charge on any atom is 0.397 e. The Morgan fingerprint density at radius 2 is 1.43 bits per heavy atom. The number of benzene rings is 2. The molecule has 5 heteroatoms. The summed E-state index contributed by atoms with van der Waals surface area (Å²) in [5.74, 6) is -1.54. The molecule has 1 aliphatic heterocycles. The molecule has 2 nitrogen and oxygen atoms in total. The molecule has 0 spiro atoms. The second-order valence-electron chi connectivity index (χ2n) is 5.59. The normalized spacial score (nSPS) is 15.5. The highest BCUT2D eigenvalue weighted by molar-refractivity contribution is 5.35. The Morgan fingerprint density at radius 1 is 0.870 bits per heavy atom. The van der Waals surface area contributed by atoms with E-state index < -0.39 is 12.1 Å². The van der Waals surface area contributed by atoms with Gasteiger partial charge in [0, 0.05) is 29.9 Å². The average molecular weight is 318 g/mol. The summed E-state index contributed by atoms with van der Waals surface area (Å²) in [7, 11) is 1.75. The lowest BCUT2D eigenvalue weighted by molar-refractivity contribution is -0.156. The van der Waals surface area contributed by atoms with Crippen molar-refractivity contribution in [2.75, 3.05) is 13.6 Å². The Kier molecular flexibility index (Phi) is 4.03. The highest BCUT2D eigenvalue weighted by Gasteiger charge is 2.41. The predicted molar refractivity (Wildman–Crippen MR) is 84.3 cm³/mol. The van der Waals surface area contributed by atoms with Crippen LogP contribution < -0.4 is 10.4 Å². The van der Waals surface area contributed by atoms with E-state index in [1.165, 1.54) is 12.1 Å². The van der Waals surface area contributed by atoms with Gasteiger partial charge < -0.3 is 0 Å². The van der Waals surface area contributed by atoms with Crippen LogP contribution in [0.4, 0.5) is 13.2 Å². The number of hydrogen-bond donors (Lipinski definition) is 0. The highest BCUT2D eigenvalue weighted by Crippen LogP contribution is 2.35. The largest absolute Gasteiger partial charge is 0.397 e. The van der Waals surface area contributed by atoms with Crippen LogP contribution in [0.5, 0.6) is 0 Å². The molecule has 1 atom stereocenters. The van der Waals surface area contributed by atoms with Crippen LogP contribution in [0.2, 0.25) is 0 Å². The van der Waals surface area contributed by atoms with Crippen LogP contribution in [0.1, 0.15) is 11.5 Å². The van der Waals surface area contributed by atoms with E-state index in [0.29, 0.717) is 0 Å². The highest BCUT2D eigenvalue weighted by atomic mass is 19.4. The number of hydrazine groups is 1. The third kappa shape index (κ3) is 3.33. The van der Waals surface area contributed by atoms with Gasteiger partial charge in [0.15, 0.2) is 0 Å². The van der Waals surface area contributed by atoms with E-state index in [-0.39, 0.29) is 12.1 Å². The molecule has 3 rings (SSSR count). The zero-order valence-electron chi connectivity index (χ0n) is 12.7. The molecule has 2 aromatic carbocycles. The van der Waals surface area contributed by atoms with Crippen molar-refractivity contribution in [1.82, 2.24) is 10.0 Å². The number of fused-ring (bicyclic) bond motifs is 1. The van der Waals surface area contributed by atoms with Crippen LogP contribution in [0, 0.1) is 0 Å². The van der Waals surface area contributed by atoms with E-state index in [2.05, 4.69) is 0 Å². The van der Waals surface area contributed by atoms with Crippen molar-refractivity contribution < 1.29 is 13.2 Å². The van der Waals surface area contributed by atoms with Gasteiger partial charge in [0.2, 0.25) is 0 Å². The zero-order valence-corrected chi connectivity index (χ0v) is 12.7. The molecule has 0 aromatic heterocycles. The van der Waals surface area contributed by atoms with Crippen LogP contribution in [-0.2, 0) is 0 Å². The third-order valence-electron chi connectivity index (χ3n) is 3.98. The van der Waals surface area contributed by atoms with Gasteiger partial charge in [-0.2, -0.15) is 13.2 Å². The quantitative estimate of drug-likeness (QED) is 0.858. The molecule has 0 amide bonds. The average Bonchev–Trinajstić information content (AvgIpc) is 2.52. The van der Waals surface area contributed by atoms with Crippen LogP contribution >= 0.6 is 0 Å². The molecule has 0 fully saturated rings. The molecule has 0 N–H and O–H groups in total. The monoisotopic (exact) mass is 318 g/mol. The van der Waals surface area contributed by atoms with E-state index >= 15 is 0 Å². The fourth-order valence-electron chi connectivity index (χ4n) is 2.72. The standard InChI is InChI=1S/C18H17F3N2/c1-22-11-15-9-5-6-10-16(15)12-23(22)13-17(18(19,20)21)14-7-3-2-4-8-14/h2-12,17H,13H2,1H3. The van der Waals surface area contributed by atoms with Gasteiger partial charge in [-0.3, -0.25) is 10.0 Å². The first-order valence-electron chi connectivity index (χ1n) is 7.35. The minimum Gasteiger partial charge on any atom is -0.296 e. The Morgan fingerprint density at radius 3 is 2.04 bits per heavy atom. The maximum atomic E-state index is 13.5. The first-order chi connectivity index (χ1) is 10.9. The van der Waals surface area contributed by atoms with Gasteiger partial charge in [0.25, 0.3) is 0 Å². The minimum absolute atomic E-state index is 0.158. The van der Waals surface area contributed by atoms with Gasteiger partial charge in [0.1, 0.15) is 0 Å². The van der Waals surface area contributed by atoms with Crippen molar-refractivity contribution in [2.24, 2.45) is 0 Å². The van der Waals surface area contributed by atoms with Crippen LogP contribution in [0.25, 0.3) is 12.4 Å². The zero-order chi connectivity index (χ0) is 16.4. The maximum absolute atomic E-state index is 13.5. The van der Waals surface area contributed by atoms with E-state index in [1.807, 2.05) is 30.5 Å². The Bertz CT molecular complexity index is 784. The van der Waals surface area contributed by atoms with Crippen molar-refractivity contribution >= 4 is 12.4 Å². The fraction of sp³-hybridized carbons (Fsp3) is 0.222. The summed E-state index contributed by atoms with van der Waals surface area (Å²) >= 11 is 0. The smallest absolute Gasteiger partial charge is 0.296 e. The molecular weight excluding hydrogens is 301 g/mol. The van der Waals surface area contributed by atoms with E-state index in [1.54, 1.807) is 41.5 Å².